The van der Waals surface area contributed by atoms with Gasteiger partial charge in [0.2, 0.25) is 5.91 Å². The summed E-state index contributed by atoms with van der Waals surface area (Å²) in [5, 5.41) is 10.1. The van der Waals surface area contributed by atoms with Crippen LogP contribution in [-0.2, 0) is 40.9 Å². The molecule has 1 amide bonds. The maximum Gasteiger partial charge on any atom is 0.490 e. The normalized spacial score (nSPS) is 26.4. The van der Waals surface area contributed by atoms with Crippen LogP contribution in [0.15, 0.2) is 15.8 Å². The molecule has 35 heavy (non-hydrogen) atoms. The predicted molar refractivity (Wildman–Crippen MR) is 111 cm³/mol. The fraction of sp³-hybridized carbons (Fsp3) is 0.615. The maximum atomic E-state index is 12.0. The van der Waals surface area contributed by atoms with Gasteiger partial charge in [0.05, 0.1) is 19.3 Å². The molecule has 1 aromatic heterocycles. The molecule has 0 aliphatic carbocycles. The van der Waals surface area contributed by atoms with Crippen molar-refractivity contribution in [2.24, 2.45) is 11.5 Å². The lowest BCUT2D eigenvalue weighted by Crippen LogP contribution is -2.39. The van der Waals surface area contributed by atoms with Crippen LogP contribution in [0.25, 0.3) is 0 Å². The van der Waals surface area contributed by atoms with Crippen molar-refractivity contribution in [3.05, 3.63) is 32.6 Å². The number of hydrogen-bond acceptors (Lipinski definition) is 13. The number of aliphatic hydroxyl groups excluding tert-OH is 1. The van der Waals surface area contributed by atoms with Crippen LogP contribution in [0.3, 0.4) is 0 Å². The van der Waals surface area contributed by atoms with Gasteiger partial charge in [0.25, 0.3) is 5.56 Å². The van der Waals surface area contributed by atoms with Crippen LogP contribution >= 0.6 is 23.5 Å². The lowest BCUT2D eigenvalue weighted by molar-refractivity contribution is -0.119. The Balaban J connectivity index is 1.96. The number of phosphoric acid groups is 3. The number of carbonyl (C=O) groups excluding carboxylic acids is 1. The van der Waals surface area contributed by atoms with Gasteiger partial charge in [0.1, 0.15) is 18.4 Å². The van der Waals surface area contributed by atoms with E-state index >= 15 is 0 Å². The Morgan fingerprint density at radius 1 is 1.20 bits per heavy atom. The van der Waals surface area contributed by atoms with Crippen molar-refractivity contribution >= 4 is 29.4 Å². The van der Waals surface area contributed by atoms with Gasteiger partial charge in [-0.25, -0.2) is 18.5 Å². The number of carbonyl (C=O) groups is 1. The van der Waals surface area contributed by atoms with Gasteiger partial charge in [0.15, 0.2) is 0 Å². The van der Waals surface area contributed by atoms with Crippen molar-refractivity contribution in [2.75, 3.05) is 13.2 Å². The topological polar surface area (TPSA) is 302 Å². The summed E-state index contributed by atoms with van der Waals surface area (Å²) in [6, 6.07) is -1.58. The summed E-state index contributed by atoms with van der Waals surface area (Å²) in [5.74, 6) is -1.14. The number of aromatic amines is 1. The van der Waals surface area contributed by atoms with E-state index in [9.17, 15) is 47.9 Å². The summed E-state index contributed by atoms with van der Waals surface area (Å²) in [6.07, 6.45) is -2.82. The van der Waals surface area contributed by atoms with Gasteiger partial charge in [-0.05, 0) is 6.92 Å². The third-order valence-electron chi connectivity index (χ3n) is 4.26. The number of amides is 1. The van der Waals surface area contributed by atoms with E-state index in [1.165, 1.54) is 13.1 Å². The van der Waals surface area contributed by atoms with Crippen LogP contribution in [0, 0.1) is 6.92 Å². The van der Waals surface area contributed by atoms with Crippen LogP contribution in [0.2, 0.25) is 0 Å². The average Bonchev–Trinajstić information content (AvgIpc) is 3.06. The van der Waals surface area contributed by atoms with E-state index in [-0.39, 0.29) is 12.0 Å². The molecule has 1 fully saturated rings. The summed E-state index contributed by atoms with van der Waals surface area (Å²) < 4.78 is 58.2. The molecule has 7 atom stereocenters. The number of nitrogens with two attached hydrogens (primary N) is 2. The number of aliphatic hydroxyl groups is 1. The molecule has 9 N–H and O–H groups in total. The Hall–Kier alpha value is -1.56. The number of nitrogens with one attached hydrogen (secondary N) is 1. The minimum Gasteiger partial charge on any atom is -0.390 e. The molecule has 1 aliphatic heterocycles. The third kappa shape index (κ3) is 8.80. The molecule has 4 unspecified atom stereocenters. The van der Waals surface area contributed by atoms with Crippen molar-refractivity contribution in [1.82, 2.24) is 9.55 Å². The molecular weight excluding hydrogens is 545 g/mol. The molecule has 19 nitrogen and oxygen atoms in total. The standard InChI is InChI=1S/C13H23N4O15P3/c1-6-3-17(13(21)16-12(6)20)10-2-8(18)9(30-10)5-29-34(24,25)32-35(26,27)31-33(22,23)28-4-7(14)11(15)19/h3,7-10,18H,2,4-5,14H2,1H3,(H2,15,19)(H,22,23)(H,24,25)(H,26,27)(H,16,20,21)/t7?,8-,9+,10+/m0/s1. The number of nitrogens with zero attached hydrogens (tertiary/aromatic N) is 1. The van der Waals surface area contributed by atoms with E-state index < -0.39 is 78.3 Å². The minimum absolute atomic E-state index is 0.163. The SMILES string of the molecule is Cc1cn([C@H]2C[C@H](O)[C@@H](COP(=O)(O)OP(=O)(O)OP(=O)(O)OCC(N)C(N)=O)O2)c(=O)[nH]c1=O. The minimum atomic E-state index is -5.79. The van der Waals surface area contributed by atoms with Crippen molar-refractivity contribution < 1.29 is 60.7 Å². The number of primary amides is 1. The number of hydrogen-bond donors (Lipinski definition) is 7. The van der Waals surface area contributed by atoms with E-state index in [2.05, 4.69) is 17.7 Å². The Labute approximate surface area is 195 Å². The maximum absolute atomic E-state index is 12.0. The summed E-state index contributed by atoms with van der Waals surface area (Å²) in [6.45, 7) is -0.507. The smallest absolute Gasteiger partial charge is 0.390 e. The molecular formula is C13H23N4O15P3. The average molecular weight is 568 g/mol. The first-order chi connectivity index (χ1) is 15.9. The largest absolute Gasteiger partial charge is 0.490 e. The van der Waals surface area contributed by atoms with E-state index in [0.29, 0.717) is 0 Å². The van der Waals surface area contributed by atoms with Crippen molar-refractivity contribution in [3.8, 4) is 0 Å². The van der Waals surface area contributed by atoms with Crippen LogP contribution in [0.4, 0.5) is 0 Å². The van der Waals surface area contributed by atoms with Crippen LogP contribution in [0.1, 0.15) is 18.2 Å². The molecule has 2 rings (SSSR count). The first-order valence-corrected chi connectivity index (χ1v) is 13.8. The lowest BCUT2D eigenvalue weighted by Gasteiger charge is -2.20. The number of rotatable bonds is 12. The van der Waals surface area contributed by atoms with E-state index in [4.69, 9.17) is 16.2 Å². The first-order valence-electron chi connectivity index (χ1n) is 9.32. The summed E-state index contributed by atoms with van der Waals surface area (Å²) in [4.78, 5) is 64.8. The van der Waals surface area contributed by atoms with Crippen LogP contribution in [0.5, 0.6) is 0 Å². The van der Waals surface area contributed by atoms with Gasteiger partial charge in [-0.2, -0.15) is 8.62 Å². The molecule has 1 aromatic rings. The molecule has 0 aromatic carbocycles. The highest BCUT2D eigenvalue weighted by Gasteiger charge is 2.44. The van der Waals surface area contributed by atoms with Gasteiger partial charge in [-0.15, -0.1) is 0 Å². The fourth-order valence-electron chi connectivity index (χ4n) is 2.58. The molecule has 0 saturated carbocycles. The molecule has 2 heterocycles. The molecule has 1 saturated heterocycles. The highest BCUT2D eigenvalue weighted by Crippen LogP contribution is 2.67. The zero-order valence-corrected chi connectivity index (χ0v) is 20.4. The molecule has 1 aliphatic rings. The molecule has 200 valence electrons. The van der Waals surface area contributed by atoms with Crippen molar-refractivity contribution in [1.29, 1.82) is 0 Å². The molecule has 22 heteroatoms. The Morgan fingerprint density at radius 3 is 2.34 bits per heavy atom. The number of aryl methyl sites for hydroxylation is 1. The van der Waals surface area contributed by atoms with Gasteiger partial charge in [0, 0.05) is 18.2 Å². The van der Waals surface area contributed by atoms with Gasteiger partial charge in [-0.1, -0.05) is 0 Å². The molecule has 0 bridgehead atoms. The van der Waals surface area contributed by atoms with E-state index in [1.54, 1.807) is 0 Å². The highest BCUT2D eigenvalue weighted by atomic mass is 31.3. The third-order valence-corrected chi connectivity index (χ3v) is 8.51. The molecule has 0 spiro atoms. The summed E-state index contributed by atoms with van der Waals surface area (Å²) >= 11 is 0. The molecule has 0 radical (unpaired) electrons. The quantitative estimate of drug-likeness (QED) is 0.130. The second-order valence-corrected chi connectivity index (χ2v) is 11.7. The van der Waals surface area contributed by atoms with Gasteiger partial charge in [-0.3, -0.25) is 28.2 Å². The van der Waals surface area contributed by atoms with Crippen LogP contribution < -0.4 is 22.7 Å². The lowest BCUT2D eigenvalue weighted by atomic mass is 10.2. The fourth-order valence-corrected chi connectivity index (χ4v) is 6.12. The number of aromatic nitrogens is 2. The first kappa shape index (κ1) is 29.7. The predicted octanol–water partition coefficient (Wildman–Crippen LogP) is -2.33. The zero-order chi connectivity index (χ0) is 26.8. The summed E-state index contributed by atoms with van der Waals surface area (Å²) in [5.41, 5.74) is 8.63. The van der Waals surface area contributed by atoms with Crippen LogP contribution in [-0.4, -0.2) is 66.7 Å². The highest BCUT2D eigenvalue weighted by molar-refractivity contribution is 7.66. The number of ether oxygens (including phenoxy) is 1. The van der Waals surface area contributed by atoms with Crippen molar-refractivity contribution in [3.63, 3.8) is 0 Å². The second kappa shape index (κ2) is 11.2. The number of phosphoric ester groups is 2. The Bertz CT molecular complexity index is 1200. The Kier molecular flexibility index (Phi) is 9.52. The Morgan fingerprint density at radius 2 is 1.77 bits per heavy atom. The van der Waals surface area contributed by atoms with Crippen molar-refractivity contribution in [2.45, 2.75) is 37.8 Å². The van der Waals surface area contributed by atoms with Gasteiger partial charge >= 0.3 is 29.2 Å². The summed E-state index contributed by atoms with van der Waals surface area (Å²) in [7, 11) is -16.7. The zero-order valence-electron chi connectivity index (χ0n) is 17.7. The second-order valence-electron chi connectivity index (χ2n) is 7.08. The number of H-pyrrole nitrogens is 1. The van der Waals surface area contributed by atoms with E-state index in [0.717, 1.165) is 4.57 Å². The van der Waals surface area contributed by atoms with Gasteiger partial charge < -0.3 is 36.0 Å². The monoisotopic (exact) mass is 568 g/mol. The van der Waals surface area contributed by atoms with E-state index in [1.807, 2.05) is 4.98 Å².